The highest BCUT2D eigenvalue weighted by atomic mass is 28.3. The maximum absolute atomic E-state index is 13.3. The van der Waals surface area contributed by atoms with Gasteiger partial charge >= 0.3 is 5.97 Å². The molecule has 6 heteroatoms. The molecule has 15 heavy (non-hydrogen) atoms. The number of nitrogens with zero attached hydrogens (tertiary/aromatic N) is 1. The van der Waals surface area contributed by atoms with Crippen LogP contribution in [0.3, 0.4) is 0 Å². The Morgan fingerprint density at radius 3 is 2.33 bits per heavy atom. The predicted octanol–water partition coefficient (Wildman–Crippen LogP) is 1.60. The second-order valence-corrected chi connectivity index (χ2v) is 9.25. The summed E-state index contributed by atoms with van der Waals surface area (Å²) in [4.78, 5) is 13.6. The summed E-state index contributed by atoms with van der Waals surface area (Å²) in [5.74, 6) is -3.72. The van der Waals surface area contributed by atoms with Crippen LogP contribution >= 0.6 is 0 Å². The largest absolute Gasteiger partial charge is 0.477 e. The third-order valence-electron chi connectivity index (χ3n) is 1.94. The van der Waals surface area contributed by atoms with E-state index in [9.17, 15) is 13.6 Å². The molecule has 0 radical (unpaired) electrons. The van der Waals surface area contributed by atoms with Crippen molar-refractivity contribution in [3.63, 3.8) is 0 Å². The van der Waals surface area contributed by atoms with Gasteiger partial charge in [0.05, 0.1) is 8.07 Å². The van der Waals surface area contributed by atoms with Crippen LogP contribution in [0.15, 0.2) is 6.07 Å². The van der Waals surface area contributed by atoms with Gasteiger partial charge in [-0.25, -0.2) is 14.2 Å². The van der Waals surface area contributed by atoms with E-state index in [0.29, 0.717) is 0 Å². The van der Waals surface area contributed by atoms with Crippen molar-refractivity contribution in [3.8, 4) is 0 Å². The first-order valence-corrected chi connectivity index (χ1v) is 7.83. The molecule has 0 saturated heterocycles. The van der Waals surface area contributed by atoms with Crippen LogP contribution in [-0.4, -0.2) is 24.1 Å². The molecule has 0 amide bonds. The van der Waals surface area contributed by atoms with E-state index in [2.05, 4.69) is 4.98 Å². The summed E-state index contributed by atoms with van der Waals surface area (Å²) >= 11 is 0. The topological polar surface area (TPSA) is 50.2 Å². The Morgan fingerprint density at radius 1 is 1.40 bits per heavy atom. The zero-order valence-corrected chi connectivity index (χ0v) is 9.64. The van der Waals surface area contributed by atoms with E-state index in [0.717, 1.165) is 6.07 Å². The zero-order valence-electron chi connectivity index (χ0n) is 8.64. The quantitative estimate of drug-likeness (QED) is 0.621. The average molecular weight is 231 g/mol. The normalized spacial score (nSPS) is 11.5. The highest BCUT2D eigenvalue weighted by Crippen LogP contribution is 2.09. The minimum Gasteiger partial charge on any atom is -0.477 e. The summed E-state index contributed by atoms with van der Waals surface area (Å²) in [7, 11) is -2.10. The van der Waals surface area contributed by atoms with Gasteiger partial charge < -0.3 is 5.11 Å². The molecule has 82 valence electrons. The fourth-order valence-corrected chi connectivity index (χ4v) is 2.48. The van der Waals surface area contributed by atoms with E-state index in [1.54, 1.807) is 19.6 Å². The van der Waals surface area contributed by atoms with Crippen LogP contribution in [-0.2, 0) is 0 Å². The number of hydrogen-bond acceptors (Lipinski definition) is 2. The van der Waals surface area contributed by atoms with Crippen molar-refractivity contribution in [3.05, 3.63) is 23.5 Å². The first-order valence-electron chi connectivity index (χ1n) is 4.33. The summed E-state index contributed by atoms with van der Waals surface area (Å²) in [5.41, 5.74) is -0.452. The fourth-order valence-electron chi connectivity index (χ4n) is 1.15. The molecule has 1 rings (SSSR count). The van der Waals surface area contributed by atoms with Gasteiger partial charge in [-0.3, -0.25) is 0 Å². The van der Waals surface area contributed by atoms with Gasteiger partial charge in [-0.15, -0.1) is 0 Å². The third kappa shape index (κ3) is 2.38. The Hall–Kier alpha value is -1.30. The molecule has 1 heterocycles. The molecule has 0 atom stereocenters. The maximum Gasteiger partial charge on any atom is 0.354 e. The molecule has 3 nitrogen and oxygen atoms in total. The van der Waals surface area contributed by atoms with E-state index >= 15 is 0 Å². The molecular formula is C9H11F2NO2Si. The molecule has 0 fully saturated rings. The lowest BCUT2D eigenvalue weighted by Gasteiger charge is -2.17. The van der Waals surface area contributed by atoms with Gasteiger partial charge in [0.15, 0.2) is 11.5 Å². The van der Waals surface area contributed by atoms with Crippen LogP contribution < -0.4 is 5.19 Å². The first kappa shape index (κ1) is 11.8. The second-order valence-electron chi connectivity index (χ2n) is 4.22. The van der Waals surface area contributed by atoms with Crippen molar-refractivity contribution >= 4 is 19.2 Å². The Bertz CT molecular complexity index is 415. The Balaban J connectivity index is 3.45. The Labute approximate surface area is 86.8 Å². The summed E-state index contributed by atoms with van der Waals surface area (Å²) in [6.07, 6.45) is 0. The maximum atomic E-state index is 13.3. The molecule has 1 aromatic heterocycles. The van der Waals surface area contributed by atoms with Crippen molar-refractivity contribution in [2.45, 2.75) is 19.6 Å². The lowest BCUT2D eigenvalue weighted by molar-refractivity contribution is 0.0689. The number of aromatic carboxylic acids is 1. The SMILES string of the molecule is C[Si](C)(C)c1cc(C(=O)O)nc(F)c1F. The smallest absolute Gasteiger partial charge is 0.354 e. The number of hydrogen-bond donors (Lipinski definition) is 1. The number of aromatic nitrogens is 1. The van der Waals surface area contributed by atoms with Crippen LogP contribution in [0.25, 0.3) is 0 Å². The van der Waals surface area contributed by atoms with Crippen LogP contribution in [0.2, 0.25) is 19.6 Å². The molecule has 0 aliphatic heterocycles. The number of rotatable bonds is 2. The lowest BCUT2D eigenvalue weighted by Crippen LogP contribution is -2.41. The molecule has 0 aliphatic carbocycles. The van der Waals surface area contributed by atoms with Crippen LogP contribution in [0, 0.1) is 11.8 Å². The Kier molecular flexibility index (Phi) is 2.90. The molecule has 1 aromatic rings. The third-order valence-corrected chi connectivity index (χ3v) is 3.92. The molecule has 0 spiro atoms. The monoisotopic (exact) mass is 231 g/mol. The van der Waals surface area contributed by atoms with Crippen LogP contribution in [0.5, 0.6) is 0 Å². The first-order chi connectivity index (χ1) is 6.73. The van der Waals surface area contributed by atoms with Gasteiger partial charge in [0.25, 0.3) is 0 Å². The van der Waals surface area contributed by atoms with Gasteiger partial charge in [-0.05, 0) is 11.3 Å². The number of pyridine rings is 1. The Morgan fingerprint density at radius 2 is 1.93 bits per heavy atom. The van der Waals surface area contributed by atoms with E-state index in [1.807, 2.05) is 0 Å². The van der Waals surface area contributed by atoms with Crippen molar-refractivity contribution in [1.29, 1.82) is 0 Å². The average Bonchev–Trinajstić information content (AvgIpc) is 2.06. The summed E-state index contributed by atoms with van der Waals surface area (Å²) in [6, 6.07) is 1.12. The van der Waals surface area contributed by atoms with Crippen molar-refractivity contribution in [2.24, 2.45) is 0 Å². The van der Waals surface area contributed by atoms with E-state index in [-0.39, 0.29) is 5.19 Å². The van der Waals surface area contributed by atoms with Gasteiger partial charge in [0.1, 0.15) is 0 Å². The zero-order chi connectivity index (χ0) is 11.8. The summed E-state index contributed by atoms with van der Waals surface area (Å²) in [5, 5.41) is 8.80. The van der Waals surface area contributed by atoms with E-state index in [1.165, 1.54) is 0 Å². The predicted molar refractivity (Wildman–Crippen MR) is 54.1 cm³/mol. The van der Waals surface area contributed by atoms with Crippen molar-refractivity contribution in [1.82, 2.24) is 4.98 Å². The second kappa shape index (κ2) is 3.69. The van der Waals surface area contributed by atoms with E-state index in [4.69, 9.17) is 5.11 Å². The minimum absolute atomic E-state index is 0.146. The highest BCUT2D eigenvalue weighted by Gasteiger charge is 2.26. The lowest BCUT2D eigenvalue weighted by atomic mass is 10.3. The molecule has 1 N–H and O–H groups in total. The molecule has 0 unspecified atom stereocenters. The van der Waals surface area contributed by atoms with Crippen LogP contribution in [0.1, 0.15) is 10.5 Å². The molecule has 0 bridgehead atoms. The standard InChI is InChI=1S/C9H11F2NO2Si/c1-15(2,3)6-4-5(9(13)14)12-8(11)7(6)10/h4H,1-3H3,(H,13,14). The number of carbonyl (C=O) groups is 1. The van der Waals surface area contributed by atoms with Gasteiger partial charge in [-0.1, -0.05) is 19.6 Å². The van der Waals surface area contributed by atoms with Gasteiger partial charge in [-0.2, -0.15) is 4.39 Å². The van der Waals surface area contributed by atoms with Gasteiger partial charge in [0, 0.05) is 0 Å². The van der Waals surface area contributed by atoms with E-state index < -0.39 is 31.5 Å². The van der Waals surface area contributed by atoms with Crippen LogP contribution in [0.4, 0.5) is 8.78 Å². The van der Waals surface area contributed by atoms with Crippen molar-refractivity contribution in [2.75, 3.05) is 0 Å². The summed E-state index contributed by atoms with van der Waals surface area (Å²) in [6.45, 7) is 5.41. The van der Waals surface area contributed by atoms with Crippen molar-refractivity contribution < 1.29 is 18.7 Å². The summed E-state index contributed by atoms with van der Waals surface area (Å²) < 4.78 is 26.3. The molecular weight excluding hydrogens is 220 g/mol. The number of halogens is 2. The molecule has 0 aromatic carbocycles. The number of carboxylic acid groups (broad SMARTS) is 1. The fraction of sp³-hybridized carbons (Fsp3) is 0.333. The minimum atomic E-state index is -2.10. The van der Waals surface area contributed by atoms with Gasteiger partial charge in [0.2, 0.25) is 5.95 Å². The highest BCUT2D eigenvalue weighted by molar-refractivity contribution is 6.88. The molecule has 0 aliphatic rings. The number of carboxylic acids is 1. The molecule has 0 saturated carbocycles.